The van der Waals surface area contributed by atoms with Crippen LogP contribution in [0.5, 0.6) is 0 Å². The number of carbonyl (C=O) groups excluding carboxylic acids is 3. The zero-order chi connectivity index (χ0) is 38.9. The van der Waals surface area contributed by atoms with Crippen LogP contribution in [0.2, 0.25) is 0 Å². The van der Waals surface area contributed by atoms with Crippen molar-refractivity contribution in [2.45, 2.75) is 104 Å². The lowest BCUT2D eigenvalue weighted by atomic mass is 9.84. The minimum Gasteiger partial charge on any atom is -0.465 e. The van der Waals surface area contributed by atoms with Crippen LogP contribution < -0.4 is 10.6 Å². The lowest BCUT2D eigenvalue weighted by Gasteiger charge is -2.37. The normalized spacial score (nSPS) is 16.7. The van der Waals surface area contributed by atoms with Gasteiger partial charge in [0, 0.05) is 37.3 Å². The minimum absolute atomic E-state index is 0.0887. The highest BCUT2D eigenvalue weighted by atomic mass is 32.1. The second-order valence-electron chi connectivity index (χ2n) is 15.2. The maximum Gasteiger partial charge on any atom is 0.407 e. The average molecular weight is 749 g/mol. The van der Waals surface area contributed by atoms with Crippen LogP contribution in [-0.2, 0) is 29.0 Å². The second kappa shape index (κ2) is 18.5. The van der Waals surface area contributed by atoms with E-state index in [1.165, 1.54) is 7.05 Å². The van der Waals surface area contributed by atoms with Crippen molar-refractivity contribution in [3.8, 4) is 0 Å². The number of hydrogen-bond donors (Lipinski definition) is 4. The summed E-state index contributed by atoms with van der Waals surface area (Å²) in [6, 6.07) is 15.8. The number of carboxylic acid groups (broad SMARTS) is 1. The Labute approximate surface area is 317 Å². The first-order valence-corrected chi connectivity index (χ1v) is 19.2. The Morgan fingerprint density at radius 2 is 1.57 bits per heavy atom. The standard InChI is InChI=1S/C40H56N6O6S/c1-8-26(2)34(46-20-19-45(38(46)50)25-31-24-41-27(3)53-31)36(48)42-30(21-28-15-11-9-12-16-28)23-33(47)32(22-29-17-13-10-14-18-29)43-37(49)35(40(4,5)6)44(7)39(51)52/h9-18,24,26,30,32-35,47H,8,19-23,25H2,1-7H3,(H,42,48)(H,43,49)(H,51,52)/t26?,30-,32-,33-,34-,35+/m0/s1. The summed E-state index contributed by atoms with van der Waals surface area (Å²) in [5.41, 5.74) is 1.09. The van der Waals surface area contributed by atoms with Crippen LogP contribution in [0.25, 0.3) is 0 Å². The molecule has 0 saturated carbocycles. The van der Waals surface area contributed by atoms with Gasteiger partial charge in [-0.05, 0) is 48.6 Å². The molecule has 1 unspecified atom stereocenters. The van der Waals surface area contributed by atoms with Gasteiger partial charge in [0.2, 0.25) is 11.8 Å². The van der Waals surface area contributed by atoms with Crippen LogP contribution in [0.3, 0.4) is 0 Å². The van der Waals surface area contributed by atoms with Crippen molar-refractivity contribution in [3.05, 3.63) is 87.9 Å². The number of aliphatic hydroxyl groups excluding tert-OH is 1. The topological polar surface area (TPSA) is 155 Å². The first-order chi connectivity index (χ1) is 25.1. The number of aromatic nitrogens is 1. The van der Waals surface area contributed by atoms with Crippen molar-refractivity contribution in [3.63, 3.8) is 0 Å². The molecular formula is C40H56N6O6S. The van der Waals surface area contributed by atoms with Crippen molar-refractivity contribution < 1.29 is 29.4 Å². The van der Waals surface area contributed by atoms with Crippen LogP contribution in [-0.4, -0.2) is 104 Å². The van der Waals surface area contributed by atoms with Crippen molar-refractivity contribution in [1.29, 1.82) is 0 Å². The van der Waals surface area contributed by atoms with Crippen LogP contribution >= 0.6 is 11.3 Å². The molecule has 4 rings (SSSR count). The van der Waals surface area contributed by atoms with Gasteiger partial charge in [0.1, 0.15) is 12.1 Å². The summed E-state index contributed by atoms with van der Waals surface area (Å²) in [7, 11) is 1.37. The summed E-state index contributed by atoms with van der Waals surface area (Å²) in [5, 5.41) is 28.9. The average Bonchev–Trinajstić information content (AvgIpc) is 3.68. The third kappa shape index (κ3) is 11.3. The first kappa shape index (κ1) is 41.3. The number of thiazole rings is 1. The molecule has 0 spiro atoms. The van der Waals surface area contributed by atoms with Gasteiger partial charge in [0.05, 0.1) is 23.7 Å². The molecule has 2 heterocycles. The smallest absolute Gasteiger partial charge is 0.407 e. The minimum atomic E-state index is -1.24. The summed E-state index contributed by atoms with van der Waals surface area (Å²) in [6.07, 6.45) is 0.867. The predicted molar refractivity (Wildman–Crippen MR) is 206 cm³/mol. The number of rotatable bonds is 17. The van der Waals surface area contributed by atoms with Gasteiger partial charge in [0.25, 0.3) is 0 Å². The number of urea groups is 1. The number of amides is 5. The monoisotopic (exact) mass is 748 g/mol. The van der Waals surface area contributed by atoms with E-state index in [0.717, 1.165) is 25.9 Å². The number of aryl methyl sites for hydroxylation is 1. The van der Waals surface area contributed by atoms with E-state index in [4.69, 9.17) is 0 Å². The highest BCUT2D eigenvalue weighted by Crippen LogP contribution is 2.26. The summed E-state index contributed by atoms with van der Waals surface area (Å²) < 4.78 is 0. The second-order valence-corrected chi connectivity index (χ2v) is 16.6. The number of likely N-dealkylation sites (N-methyl/N-ethyl adjacent to an activating group) is 1. The Balaban J connectivity index is 1.60. The van der Waals surface area contributed by atoms with E-state index in [1.54, 1.807) is 48.1 Å². The van der Waals surface area contributed by atoms with Crippen LogP contribution in [0, 0.1) is 18.3 Å². The van der Waals surface area contributed by atoms with E-state index < -0.39 is 47.7 Å². The molecule has 1 aliphatic rings. The molecule has 13 heteroatoms. The molecule has 5 amide bonds. The maximum atomic E-state index is 14.4. The Morgan fingerprint density at radius 3 is 2.09 bits per heavy atom. The molecular weight excluding hydrogens is 693 g/mol. The maximum absolute atomic E-state index is 14.4. The molecule has 2 aromatic carbocycles. The van der Waals surface area contributed by atoms with Gasteiger partial charge >= 0.3 is 12.1 Å². The quantitative estimate of drug-likeness (QED) is 0.145. The van der Waals surface area contributed by atoms with Gasteiger partial charge in [-0.25, -0.2) is 14.6 Å². The fraction of sp³-hybridized carbons (Fsp3) is 0.525. The Bertz CT molecular complexity index is 1660. The summed E-state index contributed by atoms with van der Waals surface area (Å²) in [5.74, 6) is -0.957. The van der Waals surface area contributed by atoms with E-state index in [0.29, 0.717) is 32.5 Å². The van der Waals surface area contributed by atoms with Gasteiger partial charge in [-0.2, -0.15) is 0 Å². The van der Waals surface area contributed by atoms with E-state index in [9.17, 15) is 29.4 Å². The van der Waals surface area contributed by atoms with Crippen LogP contribution in [0.15, 0.2) is 66.9 Å². The van der Waals surface area contributed by atoms with E-state index >= 15 is 0 Å². The van der Waals surface area contributed by atoms with E-state index in [1.807, 2.05) is 81.4 Å². The van der Waals surface area contributed by atoms with E-state index in [2.05, 4.69) is 15.6 Å². The van der Waals surface area contributed by atoms with Crippen LogP contribution in [0.1, 0.15) is 68.5 Å². The first-order valence-electron chi connectivity index (χ1n) is 18.4. The highest BCUT2D eigenvalue weighted by molar-refractivity contribution is 7.11. The third-order valence-electron chi connectivity index (χ3n) is 9.98. The fourth-order valence-electron chi connectivity index (χ4n) is 7.11. The van der Waals surface area contributed by atoms with Gasteiger partial charge in [-0.15, -0.1) is 11.3 Å². The summed E-state index contributed by atoms with van der Waals surface area (Å²) >= 11 is 1.55. The van der Waals surface area contributed by atoms with Gasteiger partial charge in [0.15, 0.2) is 0 Å². The molecule has 3 aromatic rings. The molecule has 1 saturated heterocycles. The lowest BCUT2D eigenvalue weighted by Crippen LogP contribution is -2.58. The molecule has 0 radical (unpaired) electrons. The van der Waals surface area contributed by atoms with Gasteiger partial charge in [-0.3, -0.25) is 14.5 Å². The number of nitrogens with one attached hydrogen (secondary N) is 2. The molecule has 1 aliphatic heterocycles. The SMILES string of the molecule is CCC(C)[C@@H](C(=O)N[C@@H](Cc1ccccc1)C[C@H](O)[C@H](Cc1ccccc1)NC(=O)[C@@H](N(C)C(=O)O)C(C)(C)C)N1CCN(Cc2cnc(C)s2)C1=O. The summed E-state index contributed by atoms with van der Waals surface area (Å²) in [6.45, 7) is 12.6. The van der Waals surface area contributed by atoms with E-state index in [-0.39, 0.29) is 30.7 Å². The molecule has 53 heavy (non-hydrogen) atoms. The van der Waals surface area contributed by atoms with Crippen LogP contribution in [0.4, 0.5) is 9.59 Å². The molecule has 4 N–H and O–H groups in total. The number of benzene rings is 2. The Hall–Kier alpha value is -4.49. The Kier molecular flexibility index (Phi) is 14.4. The van der Waals surface area contributed by atoms with Crippen molar-refractivity contribution in [1.82, 2.24) is 30.3 Å². The fourth-order valence-corrected chi connectivity index (χ4v) is 7.92. The highest BCUT2D eigenvalue weighted by Gasteiger charge is 2.42. The molecule has 1 fully saturated rings. The lowest BCUT2D eigenvalue weighted by molar-refractivity contribution is -0.131. The number of carbonyl (C=O) groups is 4. The molecule has 1 aromatic heterocycles. The zero-order valence-electron chi connectivity index (χ0n) is 32.0. The largest absolute Gasteiger partial charge is 0.465 e. The van der Waals surface area contributed by atoms with Crippen molar-refractivity contribution in [2.24, 2.45) is 11.3 Å². The summed E-state index contributed by atoms with van der Waals surface area (Å²) in [4.78, 5) is 63.7. The van der Waals surface area contributed by atoms with Crippen molar-refractivity contribution in [2.75, 3.05) is 20.1 Å². The number of hydrogen-bond acceptors (Lipinski definition) is 7. The molecule has 0 aliphatic carbocycles. The number of aliphatic hydroxyl groups is 1. The zero-order valence-corrected chi connectivity index (χ0v) is 32.8. The van der Waals surface area contributed by atoms with Crippen molar-refractivity contribution >= 4 is 35.3 Å². The third-order valence-corrected chi connectivity index (χ3v) is 10.9. The predicted octanol–water partition coefficient (Wildman–Crippen LogP) is 5.33. The van der Waals surface area contributed by atoms with Gasteiger partial charge < -0.3 is 30.6 Å². The molecule has 12 nitrogen and oxygen atoms in total. The Morgan fingerprint density at radius 1 is 0.962 bits per heavy atom. The molecule has 6 atom stereocenters. The number of nitrogens with zero attached hydrogens (tertiary/aromatic N) is 4. The van der Waals surface area contributed by atoms with Gasteiger partial charge in [-0.1, -0.05) is 102 Å². The molecule has 0 bridgehead atoms. The molecule has 288 valence electrons.